The first-order valence-electron chi connectivity index (χ1n) is 16.1. The number of rotatable bonds is 27. The van der Waals surface area contributed by atoms with Crippen LogP contribution in [0, 0.1) is 11.8 Å². The molecule has 0 aromatic heterocycles. The van der Waals surface area contributed by atoms with Crippen LogP contribution in [0.5, 0.6) is 0 Å². The number of carbonyl (C=O) groups excluding carboxylic acids is 3. The van der Waals surface area contributed by atoms with E-state index in [2.05, 4.69) is 13.8 Å². The van der Waals surface area contributed by atoms with E-state index < -0.39 is 11.9 Å². The number of imide groups is 1. The van der Waals surface area contributed by atoms with Crippen molar-refractivity contribution in [1.29, 1.82) is 0 Å². The van der Waals surface area contributed by atoms with Gasteiger partial charge < -0.3 is 29.0 Å². The highest BCUT2D eigenvalue weighted by atomic mass is 32.2. The second kappa shape index (κ2) is 23.9. The second-order valence-electron chi connectivity index (χ2n) is 10.9. The van der Waals surface area contributed by atoms with Crippen LogP contribution in [0.3, 0.4) is 0 Å². The molecule has 0 saturated carbocycles. The monoisotopic (exact) mass is 692 g/mol. The van der Waals surface area contributed by atoms with Crippen molar-refractivity contribution < 1.29 is 43.2 Å². The SMILES string of the molecule is CCCCSC1=C(SCCCC)C(=O)N(CCOCCOCCOCCOCCSC[C@H](C)C(=O)N2CC[C@@H](C(=O)O)C2)C1=O. The zero-order valence-electron chi connectivity index (χ0n) is 27.1. The Labute approximate surface area is 281 Å². The molecular formula is C31H52N2O9S3. The number of carboxylic acids is 1. The van der Waals surface area contributed by atoms with Crippen molar-refractivity contribution in [3.63, 3.8) is 0 Å². The molecule has 258 valence electrons. The van der Waals surface area contributed by atoms with E-state index in [9.17, 15) is 19.2 Å². The van der Waals surface area contributed by atoms with Gasteiger partial charge in [-0.3, -0.25) is 24.1 Å². The molecule has 0 aromatic rings. The van der Waals surface area contributed by atoms with E-state index in [1.54, 1.807) is 16.7 Å². The highest BCUT2D eigenvalue weighted by Crippen LogP contribution is 2.37. The molecule has 1 saturated heterocycles. The minimum absolute atomic E-state index is 0.0265. The third-order valence-electron chi connectivity index (χ3n) is 7.16. The largest absolute Gasteiger partial charge is 0.481 e. The highest BCUT2D eigenvalue weighted by molar-refractivity contribution is 8.08. The van der Waals surface area contributed by atoms with Crippen molar-refractivity contribution in [1.82, 2.24) is 9.80 Å². The molecule has 2 aliphatic rings. The Kier molecular flexibility index (Phi) is 21.2. The predicted molar refractivity (Wildman–Crippen MR) is 181 cm³/mol. The van der Waals surface area contributed by atoms with Crippen LogP contribution in [0.4, 0.5) is 0 Å². The van der Waals surface area contributed by atoms with E-state index in [0.29, 0.717) is 81.3 Å². The van der Waals surface area contributed by atoms with E-state index in [0.717, 1.165) is 42.9 Å². The number of carboxylic acid groups (broad SMARTS) is 1. The molecule has 14 heteroatoms. The van der Waals surface area contributed by atoms with Crippen LogP contribution >= 0.6 is 35.3 Å². The summed E-state index contributed by atoms with van der Waals surface area (Å²) in [5, 5.41) is 9.10. The maximum absolute atomic E-state index is 12.9. The number of likely N-dealkylation sites (tertiary alicyclic amines) is 1. The topological polar surface area (TPSA) is 132 Å². The Balaban J connectivity index is 1.42. The standard InChI is InChI=1S/C31H52N2O9S3/c1-4-6-19-44-26-27(45-20-7-5-2)30(36)33(29(26)35)10-11-39-12-13-40-14-15-41-16-17-42-18-21-43-23-24(3)28(34)32-9-8-25(22-32)31(37)38/h24-25H,4-23H2,1-3H3,(H,37,38)/t24-,25+/m0/s1. The molecule has 2 atom stereocenters. The lowest BCUT2D eigenvalue weighted by molar-refractivity contribution is -0.142. The van der Waals surface area contributed by atoms with Gasteiger partial charge in [-0.15, -0.1) is 23.5 Å². The molecule has 3 amide bonds. The van der Waals surface area contributed by atoms with Crippen molar-refractivity contribution in [2.45, 2.75) is 52.9 Å². The van der Waals surface area contributed by atoms with E-state index in [-0.39, 0.29) is 36.8 Å². The molecule has 0 aromatic carbocycles. The lowest BCUT2D eigenvalue weighted by Gasteiger charge is -2.20. The Morgan fingerprint density at radius 2 is 1.33 bits per heavy atom. The van der Waals surface area contributed by atoms with Crippen LogP contribution in [0.2, 0.25) is 0 Å². The van der Waals surface area contributed by atoms with Gasteiger partial charge in [-0.2, -0.15) is 11.8 Å². The van der Waals surface area contributed by atoms with Crippen LogP contribution in [-0.4, -0.2) is 134 Å². The maximum Gasteiger partial charge on any atom is 0.308 e. The van der Waals surface area contributed by atoms with Crippen LogP contribution < -0.4 is 0 Å². The molecule has 1 N–H and O–H groups in total. The molecule has 0 radical (unpaired) electrons. The summed E-state index contributed by atoms with van der Waals surface area (Å²) in [4.78, 5) is 53.6. The molecule has 2 aliphatic heterocycles. The predicted octanol–water partition coefficient (Wildman–Crippen LogP) is 4.00. The molecule has 45 heavy (non-hydrogen) atoms. The fourth-order valence-corrected chi connectivity index (χ4v) is 7.90. The normalized spacial score (nSPS) is 17.6. The smallest absolute Gasteiger partial charge is 0.308 e. The number of ether oxygens (including phenoxy) is 4. The summed E-state index contributed by atoms with van der Waals surface area (Å²) < 4.78 is 22.2. The van der Waals surface area contributed by atoms with Gasteiger partial charge >= 0.3 is 5.97 Å². The summed E-state index contributed by atoms with van der Waals surface area (Å²) in [6, 6.07) is 0. The van der Waals surface area contributed by atoms with E-state index >= 15 is 0 Å². The molecule has 0 bridgehead atoms. The lowest BCUT2D eigenvalue weighted by Crippen LogP contribution is -2.35. The van der Waals surface area contributed by atoms with Crippen molar-refractivity contribution >= 4 is 59.0 Å². The molecule has 0 aliphatic carbocycles. The van der Waals surface area contributed by atoms with Crippen LogP contribution in [-0.2, 0) is 38.1 Å². The maximum atomic E-state index is 12.9. The summed E-state index contributed by atoms with van der Waals surface area (Å²) in [7, 11) is 0. The molecular weight excluding hydrogens is 641 g/mol. The number of nitrogens with zero attached hydrogens (tertiary/aromatic N) is 2. The van der Waals surface area contributed by atoms with Gasteiger partial charge in [0.15, 0.2) is 0 Å². The number of thioether (sulfide) groups is 3. The molecule has 2 rings (SSSR count). The third-order valence-corrected chi connectivity index (χ3v) is 10.8. The van der Waals surface area contributed by atoms with Crippen molar-refractivity contribution in [2.24, 2.45) is 11.8 Å². The number of unbranched alkanes of at least 4 members (excludes halogenated alkanes) is 2. The van der Waals surface area contributed by atoms with Gasteiger partial charge in [0.25, 0.3) is 11.8 Å². The van der Waals surface area contributed by atoms with Crippen LogP contribution in [0.15, 0.2) is 9.81 Å². The average molecular weight is 693 g/mol. The fourth-order valence-electron chi connectivity index (χ4n) is 4.47. The Bertz CT molecular complexity index is 921. The molecule has 0 spiro atoms. The van der Waals surface area contributed by atoms with Gasteiger partial charge in [0.05, 0.1) is 75.1 Å². The molecule has 1 fully saturated rings. The highest BCUT2D eigenvalue weighted by Gasteiger charge is 2.38. The first-order valence-corrected chi connectivity index (χ1v) is 19.2. The van der Waals surface area contributed by atoms with Crippen molar-refractivity contribution in [2.75, 3.05) is 95.5 Å². The fraction of sp³-hybridized carbons (Fsp3) is 0.806. The van der Waals surface area contributed by atoms with Crippen molar-refractivity contribution in [3.05, 3.63) is 9.81 Å². The third kappa shape index (κ3) is 15.0. The number of carbonyl (C=O) groups is 4. The van der Waals surface area contributed by atoms with Crippen molar-refractivity contribution in [3.8, 4) is 0 Å². The average Bonchev–Trinajstić information content (AvgIpc) is 3.61. The summed E-state index contributed by atoms with van der Waals surface area (Å²) in [6.45, 7) is 10.6. The number of amides is 3. The Morgan fingerprint density at radius 3 is 1.82 bits per heavy atom. The van der Waals surface area contributed by atoms with Gasteiger partial charge in [-0.05, 0) is 30.8 Å². The first-order chi connectivity index (χ1) is 21.8. The minimum atomic E-state index is -0.829. The second-order valence-corrected chi connectivity index (χ2v) is 14.2. The van der Waals surface area contributed by atoms with E-state index in [4.69, 9.17) is 24.1 Å². The number of aliphatic carboxylic acids is 1. The summed E-state index contributed by atoms with van der Waals surface area (Å²) in [5.74, 6) is 1.34. The van der Waals surface area contributed by atoms with E-state index in [1.165, 1.54) is 28.4 Å². The lowest BCUT2D eigenvalue weighted by atomic mass is 10.1. The van der Waals surface area contributed by atoms with Gasteiger partial charge in [-0.1, -0.05) is 33.6 Å². The van der Waals surface area contributed by atoms with Gasteiger partial charge in [0.2, 0.25) is 5.91 Å². The summed E-state index contributed by atoms with van der Waals surface area (Å²) in [5.41, 5.74) is 0. The molecule has 2 heterocycles. The zero-order valence-corrected chi connectivity index (χ0v) is 29.6. The number of hydrogen-bond donors (Lipinski definition) is 1. The van der Waals surface area contributed by atoms with Gasteiger partial charge in [-0.25, -0.2) is 0 Å². The number of hydrogen-bond acceptors (Lipinski definition) is 11. The van der Waals surface area contributed by atoms with Crippen LogP contribution in [0.1, 0.15) is 52.9 Å². The van der Waals surface area contributed by atoms with Crippen LogP contribution in [0.25, 0.3) is 0 Å². The minimum Gasteiger partial charge on any atom is -0.481 e. The summed E-state index contributed by atoms with van der Waals surface area (Å²) in [6.07, 6.45) is 4.65. The van der Waals surface area contributed by atoms with Gasteiger partial charge in [0, 0.05) is 30.5 Å². The quantitative estimate of drug-likeness (QED) is 0.0986. The summed E-state index contributed by atoms with van der Waals surface area (Å²) >= 11 is 4.65. The Hall–Kier alpha value is -1.29. The Morgan fingerprint density at radius 1 is 0.822 bits per heavy atom. The van der Waals surface area contributed by atoms with E-state index in [1.807, 2.05) is 6.92 Å². The molecule has 0 unspecified atom stereocenters. The van der Waals surface area contributed by atoms with Gasteiger partial charge in [0.1, 0.15) is 0 Å². The first kappa shape index (κ1) is 39.9. The molecule has 11 nitrogen and oxygen atoms in total. The zero-order chi connectivity index (χ0) is 32.9.